The molecule has 6 heteroatoms. The first kappa shape index (κ1) is 19.2. The fourth-order valence-corrected chi connectivity index (χ4v) is 2.77. The number of aryl methyl sites for hydroxylation is 1. The first-order valence-corrected chi connectivity index (χ1v) is 8.17. The molecule has 0 amide bonds. The molecule has 2 aromatic carbocycles. The van der Waals surface area contributed by atoms with Crippen LogP contribution in [0.2, 0.25) is 0 Å². The zero-order valence-electron chi connectivity index (χ0n) is 13.1. The summed E-state index contributed by atoms with van der Waals surface area (Å²) >= 11 is 0. The third-order valence-electron chi connectivity index (χ3n) is 3.31. The van der Waals surface area contributed by atoms with Gasteiger partial charge in [-0.1, -0.05) is 24.3 Å². The van der Waals surface area contributed by atoms with E-state index < -0.39 is 10.1 Å². The molecule has 2 aromatic rings. The summed E-state index contributed by atoms with van der Waals surface area (Å²) in [5.41, 5.74) is 3.05. The number of benzene rings is 2. The molecule has 0 N–H and O–H groups in total. The maximum absolute atomic E-state index is 11.1. The second-order valence-electron chi connectivity index (χ2n) is 4.95. The predicted molar refractivity (Wildman–Crippen MR) is 82.3 cm³/mol. The molecule has 0 aliphatic heterocycles. The monoisotopic (exact) mass is 327 g/mol. The van der Waals surface area contributed by atoms with Crippen molar-refractivity contribution < 1.29 is 42.5 Å². The molecule has 0 saturated carbocycles. The zero-order chi connectivity index (χ0) is 15.5. The molecule has 0 aliphatic rings. The summed E-state index contributed by atoms with van der Waals surface area (Å²) in [5.74, 6) is 0. The van der Waals surface area contributed by atoms with Crippen LogP contribution in [0.25, 0.3) is 0 Å². The summed E-state index contributed by atoms with van der Waals surface area (Å²) in [5, 5.41) is 0. The minimum atomic E-state index is -4.41. The summed E-state index contributed by atoms with van der Waals surface area (Å²) in [6, 6.07) is 14.3. The van der Waals surface area contributed by atoms with E-state index in [1.807, 2.05) is 38.1 Å². The van der Waals surface area contributed by atoms with Crippen LogP contribution in [0.3, 0.4) is 0 Å². The molecule has 0 spiro atoms. The minimum absolute atomic E-state index is 0. The van der Waals surface area contributed by atoms with Crippen LogP contribution in [0.4, 0.5) is 5.69 Å². The minimum Gasteiger partial charge on any atom is -0.744 e. The summed E-state index contributed by atoms with van der Waals surface area (Å²) in [6.45, 7) is 5.42. The fourth-order valence-electron chi connectivity index (χ4n) is 2.23. The Morgan fingerprint density at radius 2 is 1.77 bits per heavy atom. The zero-order valence-corrected chi connectivity index (χ0v) is 15.9. The Morgan fingerprint density at radius 3 is 2.36 bits per heavy atom. The van der Waals surface area contributed by atoms with Gasteiger partial charge in [0, 0.05) is 18.8 Å². The van der Waals surface area contributed by atoms with Gasteiger partial charge in [0.25, 0.3) is 0 Å². The molecule has 112 valence electrons. The molecule has 0 atom stereocenters. The van der Waals surface area contributed by atoms with Crippen LogP contribution < -0.4 is 34.5 Å². The van der Waals surface area contributed by atoms with Gasteiger partial charge in [0.05, 0.1) is 4.90 Å². The molecular weight excluding hydrogens is 309 g/mol. The van der Waals surface area contributed by atoms with Gasteiger partial charge in [0.15, 0.2) is 0 Å². The van der Waals surface area contributed by atoms with Crippen LogP contribution in [0.15, 0.2) is 53.4 Å². The summed E-state index contributed by atoms with van der Waals surface area (Å²) in [7, 11) is -4.41. The molecule has 0 fully saturated rings. The molecule has 0 saturated heterocycles. The normalized spacial score (nSPS) is 10.9. The average Bonchev–Trinajstić information content (AvgIpc) is 2.44. The third-order valence-corrected chi connectivity index (χ3v) is 4.14. The van der Waals surface area contributed by atoms with Crippen molar-refractivity contribution in [2.24, 2.45) is 0 Å². The molecule has 0 radical (unpaired) electrons. The van der Waals surface area contributed by atoms with Gasteiger partial charge in [-0.25, -0.2) is 8.42 Å². The van der Waals surface area contributed by atoms with Crippen LogP contribution >= 0.6 is 0 Å². The Hall–Kier alpha value is -0.850. The van der Waals surface area contributed by atoms with Crippen molar-refractivity contribution in [3.05, 3.63) is 59.7 Å². The van der Waals surface area contributed by atoms with E-state index in [0.717, 1.165) is 17.8 Å². The Bertz CT molecular complexity index is 732. The summed E-state index contributed by atoms with van der Waals surface area (Å²) < 4.78 is 33.3. The average molecular weight is 327 g/mol. The number of nitrogens with zero attached hydrogens (tertiary/aromatic N) is 1. The predicted octanol–water partition coefficient (Wildman–Crippen LogP) is -0.0704. The van der Waals surface area contributed by atoms with Crippen molar-refractivity contribution in [1.82, 2.24) is 0 Å². The van der Waals surface area contributed by atoms with Gasteiger partial charge in [0.2, 0.25) is 0 Å². The third kappa shape index (κ3) is 5.11. The van der Waals surface area contributed by atoms with E-state index in [2.05, 4.69) is 11.0 Å². The van der Waals surface area contributed by atoms with Crippen molar-refractivity contribution >= 4 is 15.8 Å². The van der Waals surface area contributed by atoms with Gasteiger partial charge in [0.1, 0.15) is 10.1 Å². The van der Waals surface area contributed by atoms with E-state index >= 15 is 0 Å². The first-order valence-electron chi connectivity index (χ1n) is 6.76. The van der Waals surface area contributed by atoms with Crippen LogP contribution in [0, 0.1) is 6.92 Å². The standard InChI is InChI=1S/C16H19NO3S.Na/c1-3-17(15-8-4-6-13(2)10-15)12-14-7-5-9-16(11-14)21(18,19)20;/h4-11H,3,12H2,1-2H3,(H,18,19,20);/q;+1/p-1. The molecule has 0 heterocycles. The van der Waals surface area contributed by atoms with Crippen molar-refractivity contribution in [2.45, 2.75) is 25.3 Å². The quantitative estimate of drug-likeness (QED) is 0.570. The number of hydrogen-bond donors (Lipinski definition) is 0. The Labute approximate surface area is 154 Å². The van der Waals surface area contributed by atoms with Gasteiger partial charge in [-0.2, -0.15) is 0 Å². The molecule has 22 heavy (non-hydrogen) atoms. The van der Waals surface area contributed by atoms with Crippen LogP contribution in [-0.4, -0.2) is 19.5 Å². The Kier molecular flexibility index (Phi) is 7.09. The number of hydrogen-bond acceptors (Lipinski definition) is 4. The van der Waals surface area contributed by atoms with E-state index in [4.69, 9.17) is 0 Å². The second-order valence-corrected chi connectivity index (χ2v) is 6.33. The van der Waals surface area contributed by atoms with Crippen LogP contribution in [0.5, 0.6) is 0 Å². The molecule has 4 nitrogen and oxygen atoms in total. The van der Waals surface area contributed by atoms with Crippen molar-refractivity contribution in [3.63, 3.8) is 0 Å². The Morgan fingerprint density at radius 1 is 1.09 bits per heavy atom. The molecule has 0 bridgehead atoms. The molecule has 0 aliphatic carbocycles. The molecular formula is C16H18NNaO3S. The van der Waals surface area contributed by atoms with E-state index in [-0.39, 0.29) is 34.5 Å². The summed E-state index contributed by atoms with van der Waals surface area (Å²) in [6.07, 6.45) is 0. The van der Waals surface area contributed by atoms with E-state index in [0.29, 0.717) is 6.54 Å². The topological polar surface area (TPSA) is 60.4 Å². The van der Waals surface area contributed by atoms with Gasteiger partial charge in [-0.3, -0.25) is 0 Å². The van der Waals surface area contributed by atoms with Crippen LogP contribution in [-0.2, 0) is 16.7 Å². The summed E-state index contributed by atoms with van der Waals surface area (Å²) in [4.78, 5) is 1.95. The van der Waals surface area contributed by atoms with E-state index in [9.17, 15) is 13.0 Å². The largest absolute Gasteiger partial charge is 1.00 e. The van der Waals surface area contributed by atoms with Gasteiger partial charge < -0.3 is 9.45 Å². The maximum Gasteiger partial charge on any atom is 1.00 e. The van der Waals surface area contributed by atoms with Gasteiger partial charge in [-0.05, 0) is 49.2 Å². The van der Waals surface area contributed by atoms with E-state index in [1.54, 1.807) is 6.07 Å². The SMILES string of the molecule is CCN(Cc1cccc(S(=O)(=O)[O-])c1)c1cccc(C)c1.[Na+]. The maximum atomic E-state index is 11.1. The second kappa shape index (κ2) is 8.13. The van der Waals surface area contributed by atoms with Crippen molar-refractivity contribution in [3.8, 4) is 0 Å². The molecule has 0 aromatic heterocycles. The first-order chi connectivity index (χ1) is 9.90. The molecule has 0 unspecified atom stereocenters. The Balaban J connectivity index is 0.00000242. The molecule has 2 rings (SSSR count). The van der Waals surface area contributed by atoms with Gasteiger partial charge >= 0.3 is 29.6 Å². The number of rotatable bonds is 5. The van der Waals surface area contributed by atoms with Crippen LogP contribution in [0.1, 0.15) is 18.1 Å². The fraction of sp³-hybridized carbons (Fsp3) is 0.250. The van der Waals surface area contributed by atoms with Gasteiger partial charge in [-0.15, -0.1) is 0 Å². The van der Waals surface area contributed by atoms with Crippen molar-refractivity contribution in [1.29, 1.82) is 0 Å². The van der Waals surface area contributed by atoms with E-state index in [1.165, 1.54) is 17.7 Å². The number of anilines is 1. The van der Waals surface area contributed by atoms with Crippen molar-refractivity contribution in [2.75, 3.05) is 11.4 Å². The smallest absolute Gasteiger partial charge is 0.744 e.